The van der Waals surface area contributed by atoms with E-state index in [1.165, 1.54) is 26.4 Å². The molecule has 0 unspecified atom stereocenters. The normalized spacial score (nSPS) is 11.5. The highest BCUT2D eigenvalue weighted by molar-refractivity contribution is 7.14. The number of hydrogen-bond acceptors (Lipinski definition) is 6. The van der Waals surface area contributed by atoms with Crippen molar-refractivity contribution >= 4 is 33.4 Å². The minimum Gasteiger partial charge on any atom is -0.493 e. The van der Waals surface area contributed by atoms with Gasteiger partial charge in [0.25, 0.3) is 0 Å². The van der Waals surface area contributed by atoms with Crippen molar-refractivity contribution in [3.63, 3.8) is 0 Å². The van der Waals surface area contributed by atoms with Gasteiger partial charge in [0.15, 0.2) is 16.6 Å². The van der Waals surface area contributed by atoms with Gasteiger partial charge in [0.2, 0.25) is 11.7 Å². The van der Waals surface area contributed by atoms with Crippen molar-refractivity contribution in [2.75, 3.05) is 19.5 Å². The second-order valence-corrected chi connectivity index (χ2v) is 7.52. The number of thiazole rings is 1. The molecule has 0 aliphatic rings. The van der Waals surface area contributed by atoms with Crippen LogP contribution in [-0.2, 0) is 17.5 Å². The number of methoxy groups -OCH3 is 2. The minimum atomic E-state index is -4.69. The Labute approximate surface area is 184 Å². The second-order valence-electron chi connectivity index (χ2n) is 6.66. The third-order valence-electron chi connectivity index (χ3n) is 4.64. The van der Waals surface area contributed by atoms with E-state index in [-0.39, 0.29) is 16.2 Å². The third-order valence-corrected chi connectivity index (χ3v) is 5.40. The standard InChI is InChI=1S/C21H17F3N4O3S/c1-30-16-8-7-12(9-17(16)31-2)14-11-32-20(26-14)27-18(29)10-28-15-6-4-3-5-13(15)25-19(28)21(22,23)24/h3-9,11H,10H2,1-2H3,(H,26,27,29). The Bertz CT molecular complexity index is 1280. The van der Waals surface area contributed by atoms with E-state index in [2.05, 4.69) is 15.3 Å². The number of aromatic nitrogens is 3. The summed E-state index contributed by atoms with van der Waals surface area (Å²) in [6, 6.07) is 11.4. The Morgan fingerprint density at radius 1 is 1.09 bits per heavy atom. The molecule has 11 heteroatoms. The highest BCUT2D eigenvalue weighted by atomic mass is 32.1. The summed E-state index contributed by atoms with van der Waals surface area (Å²) in [6.45, 7) is -0.555. The van der Waals surface area contributed by atoms with Crippen LogP contribution in [0.4, 0.5) is 18.3 Å². The van der Waals surface area contributed by atoms with Crippen LogP contribution in [0.15, 0.2) is 47.8 Å². The summed E-state index contributed by atoms with van der Waals surface area (Å²) in [5.41, 5.74) is 1.70. The molecule has 2 aromatic heterocycles. The topological polar surface area (TPSA) is 78.3 Å². The molecule has 1 amide bonds. The molecule has 0 fully saturated rings. The number of rotatable bonds is 6. The lowest BCUT2D eigenvalue weighted by Crippen LogP contribution is -2.23. The minimum absolute atomic E-state index is 0.164. The predicted octanol–water partition coefficient (Wildman–Crippen LogP) is 4.83. The Morgan fingerprint density at radius 3 is 2.56 bits per heavy atom. The van der Waals surface area contributed by atoms with Gasteiger partial charge >= 0.3 is 6.18 Å². The van der Waals surface area contributed by atoms with E-state index in [0.717, 1.165) is 21.5 Å². The summed E-state index contributed by atoms with van der Waals surface area (Å²) in [5, 5.41) is 4.55. The van der Waals surface area contributed by atoms with Crippen LogP contribution in [0.2, 0.25) is 0 Å². The molecule has 0 saturated carbocycles. The van der Waals surface area contributed by atoms with Gasteiger partial charge in [-0.05, 0) is 30.3 Å². The zero-order chi connectivity index (χ0) is 22.9. The van der Waals surface area contributed by atoms with E-state index in [0.29, 0.717) is 17.2 Å². The van der Waals surface area contributed by atoms with Gasteiger partial charge in [-0.15, -0.1) is 11.3 Å². The number of alkyl halides is 3. The van der Waals surface area contributed by atoms with Gasteiger partial charge < -0.3 is 19.4 Å². The summed E-state index contributed by atoms with van der Waals surface area (Å²) >= 11 is 1.16. The fourth-order valence-electron chi connectivity index (χ4n) is 3.21. The molecule has 166 valence electrons. The summed E-state index contributed by atoms with van der Waals surface area (Å²) in [6.07, 6.45) is -4.69. The number of hydrogen-bond donors (Lipinski definition) is 1. The van der Waals surface area contributed by atoms with Crippen LogP contribution in [0, 0.1) is 0 Å². The number of amides is 1. The number of fused-ring (bicyclic) bond motifs is 1. The van der Waals surface area contributed by atoms with E-state index >= 15 is 0 Å². The van der Waals surface area contributed by atoms with Gasteiger partial charge in [0.05, 0.1) is 30.9 Å². The van der Waals surface area contributed by atoms with Crippen molar-refractivity contribution in [3.8, 4) is 22.8 Å². The maximum atomic E-state index is 13.4. The Hall–Kier alpha value is -3.60. The molecule has 2 aromatic carbocycles. The summed E-state index contributed by atoms with van der Waals surface area (Å²) in [5.74, 6) is -0.686. The molecule has 0 aliphatic heterocycles. The van der Waals surface area contributed by atoms with Gasteiger partial charge in [-0.2, -0.15) is 13.2 Å². The van der Waals surface area contributed by atoms with Gasteiger partial charge in [-0.3, -0.25) is 4.79 Å². The van der Waals surface area contributed by atoms with Crippen molar-refractivity contribution in [1.82, 2.24) is 14.5 Å². The van der Waals surface area contributed by atoms with Crippen molar-refractivity contribution in [2.24, 2.45) is 0 Å². The SMILES string of the molecule is COc1ccc(-c2csc(NC(=O)Cn3c(C(F)(F)F)nc4ccccc43)n2)cc1OC. The van der Waals surface area contributed by atoms with Crippen LogP contribution in [-0.4, -0.2) is 34.7 Å². The first kappa shape index (κ1) is 21.6. The zero-order valence-electron chi connectivity index (χ0n) is 16.9. The smallest absolute Gasteiger partial charge is 0.449 e. The zero-order valence-corrected chi connectivity index (χ0v) is 17.8. The first-order chi connectivity index (χ1) is 15.3. The number of carbonyl (C=O) groups is 1. The molecular weight excluding hydrogens is 445 g/mol. The maximum absolute atomic E-state index is 13.4. The second kappa shape index (κ2) is 8.50. The lowest BCUT2D eigenvalue weighted by Gasteiger charge is -2.11. The van der Waals surface area contributed by atoms with Gasteiger partial charge in [-0.25, -0.2) is 9.97 Å². The van der Waals surface area contributed by atoms with Crippen molar-refractivity contribution in [3.05, 3.63) is 53.7 Å². The van der Waals surface area contributed by atoms with E-state index < -0.39 is 24.5 Å². The molecule has 7 nitrogen and oxygen atoms in total. The molecule has 0 radical (unpaired) electrons. The van der Waals surface area contributed by atoms with Gasteiger partial charge in [-0.1, -0.05) is 12.1 Å². The molecule has 0 spiro atoms. The number of nitrogens with one attached hydrogen (secondary N) is 1. The highest BCUT2D eigenvalue weighted by Crippen LogP contribution is 2.34. The highest BCUT2D eigenvalue weighted by Gasteiger charge is 2.38. The Kier molecular flexibility index (Phi) is 5.74. The van der Waals surface area contributed by atoms with E-state index in [1.807, 2.05) is 0 Å². The number of anilines is 1. The number of imidazole rings is 1. The first-order valence-electron chi connectivity index (χ1n) is 9.30. The quantitative estimate of drug-likeness (QED) is 0.444. The van der Waals surface area contributed by atoms with Crippen molar-refractivity contribution in [1.29, 1.82) is 0 Å². The molecule has 2 heterocycles. The van der Waals surface area contributed by atoms with Gasteiger partial charge in [0, 0.05) is 10.9 Å². The van der Waals surface area contributed by atoms with E-state index in [9.17, 15) is 18.0 Å². The molecule has 32 heavy (non-hydrogen) atoms. The summed E-state index contributed by atoms with van der Waals surface area (Å²) in [4.78, 5) is 20.5. The molecule has 0 atom stereocenters. The number of halogens is 3. The van der Waals surface area contributed by atoms with Crippen LogP contribution in [0.5, 0.6) is 11.5 Å². The fourth-order valence-corrected chi connectivity index (χ4v) is 3.95. The molecule has 4 aromatic rings. The average Bonchev–Trinajstić information content (AvgIpc) is 3.38. The average molecular weight is 462 g/mol. The van der Waals surface area contributed by atoms with Crippen LogP contribution in [0.25, 0.3) is 22.3 Å². The summed E-state index contributed by atoms with van der Waals surface area (Å²) < 4.78 is 51.6. The van der Waals surface area contributed by atoms with Crippen molar-refractivity contribution < 1.29 is 27.4 Å². The first-order valence-corrected chi connectivity index (χ1v) is 10.2. The van der Waals surface area contributed by atoms with Crippen LogP contribution in [0.1, 0.15) is 5.82 Å². The van der Waals surface area contributed by atoms with E-state index in [1.54, 1.807) is 35.7 Å². The van der Waals surface area contributed by atoms with Crippen LogP contribution in [0.3, 0.4) is 0 Å². The van der Waals surface area contributed by atoms with Gasteiger partial charge in [0.1, 0.15) is 6.54 Å². The lowest BCUT2D eigenvalue weighted by atomic mass is 10.1. The number of carbonyl (C=O) groups excluding carboxylic acids is 1. The number of nitrogens with zero attached hydrogens (tertiary/aromatic N) is 3. The number of para-hydroxylation sites is 2. The molecule has 0 aliphatic carbocycles. The Morgan fingerprint density at radius 2 is 1.84 bits per heavy atom. The number of benzene rings is 2. The van der Waals surface area contributed by atoms with Crippen LogP contribution >= 0.6 is 11.3 Å². The van der Waals surface area contributed by atoms with Crippen LogP contribution < -0.4 is 14.8 Å². The maximum Gasteiger partial charge on any atom is 0.449 e. The third kappa shape index (κ3) is 4.24. The molecule has 0 bridgehead atoms. The monoisotopic (exact) mass is 462 g/mol. The predicted molar refractivity (Wildman–Crippen MR) is 114 cm³/mol. The molecule has 1 N–H and O–H groups in total. The fraction of sp³-hybridized carbons (Fsp3) is 0.190. The lowest BCUT2D eigenvalue weighted by molar-refractivity contribution is -0.147. The molecule has 4 rings (SSSR count). The summed E-state index contributed by atoms with van der Waals surface area (Å²) in [7, 11) is 3.05. The number of ether oxygens (including phenoxy) is 2. The Balaban J connectivity index is 1.55. The molecular formula is C21H17F3N4O3S. The molecule has 0 saturated heterocycles. The largest absolute Gasteiger partial charge is 0.493 e. The van der Waals surface area contributed by atoms with E-state index in [4.69, 9.17) is 9.47 Å². The van der Waals surface area contributed by atoms with Crippen molar-refractivity contribution in [2.45, 2.75) is 12.7 Å².